The van der Waals surface area contributed by atoms with Crippen molar-refractivity contribution in [2.24, 2.45) is 0 Å². The Morgan fingerprint density at radius 3 is 2.80 bits per heavy atom. The van der Waals surface area contributed by atoms with Gasteiger partial charge < -0.3 is 10.6 Å². The van der Waals surface area contributed by atoms with Crippen LogP contribution in [-0.4, -0.2) is 25.0 Å². The van der Waals surface area contributed by atoms with Gasteiger partial charge in [0.2, 0.25) is 5.91 Å². The molecule has 4 heteroatoms. The van der Waals surface area contributed by atoms with Crippen molar-refractivity contribution in [3.05, 3.63) is 22.4 Å². The molecule has 0 aliphatic carbocycles. The Balaban J connectivity index is 2.35. The van der Waals surface area contributed by atoms with Crippen molar-refractivity contribution in [2.45, 2.75) is 32.4 Å². The van der Waals surface area contributed by atoms with E-state index in [1.54, 1.807) is 18.4 Å². The number of thiophene rings is 1. The van der Waals surface area contributed by atoms with Crippen LogP contribution in [0.2, 0.25) is 0 Å². The molecule has 2 unspecified atom stereocenters. The van der Waals surface area contributed by atoms with Gasteiger partial charge in [-0.25, -0.2) is 0 Å². The molecule has 1 aromatic heterocycles. The van der Waals surface area contributed by atoms with Crippen molar-refractivity contribution in [1.82, 2.24) is 10.6 Å². The van der Waals surface area contributed by atoms with Gasteiger partial charge in [0.25, 0.3) is 0 Å². The molecule has 1 rings (SSSR count). The molecule has 1 heterocycles. The highest BCUT2D eigenvalue weighted by Gasteiger charge is 2.13. The van der Waals surface area contributed by atoms with Gasteiger partial charge in [0, 0.05) is 13.1 Å². The third kappa shape index (κ3) is 4.01. The van der Waals surface area contributed by atoms with E-state index in [2.05, 4.69) is 34.4 Å². The van der Waals surface area contributed by atoms with Gasteiger partial charge in [-0.15, -0.1) is 0 Å². The van der Waals surface area contributed by atoms with Crippen molar-refractivity contribution in [1.29, 1.82) is 0 Å². The Morgan fingerprint density at radius 1 is 1.53 bits per heavy atom. The minimum atomic E-state index is -0.136. The maximum atomic E-state index is 11.3. The lowest BCUT2D eigenvalue weighted by molar-refractivity contribution is -0.122. The van der Waals surface area contributed by atoms with Crippen LogP contribution in [-0.2, 0) is 11.2 Å². The summed E-state index contributed by atoms with van der Waals surface area (Å²) in [6, 6.07) is 2.29. The molecule has 0 fully saturated rings. The molecule has 2 atom stereocenters. The molecular formula is C11H18N2OS. The number of amides is 1. The second kappa shape index (κ2) is 5.88. The summed E-state index contributed by atoms with van der Waals surface area (Å²) in [7, 11) is 1.66. The van der Waals surface area contributed by atoms with Crippen LogP contribution in [0.3, 0.4) is 0 Å². The molecule has 0 aliphatic heterocycles. The first-order chi connectivity index (χ1) is 7.13. The highest BCUT2D eigenvalue weighted by molar-refractivity contribution is 7.07. The molecule has 0 bridgehead atoms. The summed E-state index contributed by atoms with van der Waals surface area (Å²) >= 11 is 1.70. The summed E-state index contributed by atoms with van der Waals surface area (Å²) in [4.78, 5) is 11.3. The lowest BCUT2D eigenvalue weighted by atomic mass is 10.1. The number of carbonyl (C=O) groups excluding carboxylic acids is 1. The van der Waals surface area contributed by atoms with Gasteiger partial charge in [0.15, 0.2) is 0 Å². The smallest absolute Gasteiger partial charge is 0.236 e. The number of carbonyl (C=O) groups is 1. The molecular weight excluding hydrogens is 208 g/mol. The second-order valence-electron chi connectivity index (χ2n) is 3.74. The summed E-state index contributed by atoms with van der Waals surface area (Å²) in [5.41, 5.74) is 1.32. The largest absolute Gasteiger partial charge is 0.358 e. The molecule has 0 saturated carbocycles. The Hall–Kier alpha value is -0.870. The standard InChI is InChI=1S/C11H18N2OS/c1-8(6-10-4-5-15-7-10)13-9(2)11(14)12-3/h4-5,7-9,13H,6H2,1-3H3,(H,12,14). The fraction of sp³-hybridized carbons (Fsp3) is 0.545. The zero-order valence-electron chi connectivity index (χ0n) is 9.41. The van der Waals surface area contributed by atoms with E-state index in [0.29, 0.717) is 6.04 Å². The van der Waals surface area contributed by atoms with Crippen molar-refractivity contribution in [3.8, 4) is 0 Å². The maximum absolute atomic E-state index is 11.3. The van der Waals surface area contributed by atoms with Crippen molar-refractivity contribution in [2.75, 3.05) is 7.05 Å². The van der Waals surface area contributed by atoms with Crippen LogP contribution < -0.4 is 10.6 Å². The Bertz CT molecular complexity index is 298. The average molecular weight is 226 g/mol. The molecule has 2 N–H and O–H groups in total. The first-order valence-corrected chi connectivity index (χ1v) is 6.06. The molecule has 0 aromatic carbocycles. The fourth-order valence-electron chi connectivity index (χ4n) is 1.54. The number of rotatable bonds is 5. The minimum Gasteiger partial charge on any atom is -0.358 e. The summed E-state index contributed by atoms with van der Waals surface area (Å²) in [6.45, 7) is 3.97. The SMILES string of the molecule is CNC(=O)C(C)NC(C)Cc1ccsc1. The average Bonchev–Trinajstić information content (AvgIpc) is 2.68. The maximum Gasteiger partial charge on any atom is 0.236 e. The van der Waals surface area contributed by atoms with E-state index in [0.717, 1.165) is 6.42 Å². The third-order valence-corrected chi connectivity index (χ3v) is 3.03. The first-order valence-electron chi connectivity index (χ1n) is 5.12. The summed E-state index contributed by atoms with van der Waals surface area (Å²) in [5, 5.41) is 10.1. The van der Waals surface area contributed by atoms with E-state index in [-0.39, 0.29) is 11.9 Å². The van der Waals surface area contributed by atoms with E-state index < -0.39 is 0 Å². The fourth-order valence-corrected chi connectivity index (χ4v) is 2.22. The third-order valence-electron chi connectivity index (χ3n) is 2.30. The first kappa shape index (κ1) is 12.2. The molecule has 0 spiro atoms. The lowest BCUT2D eigenvalue weighted by Gasteiger charge is -2.18. The van der Waals surface area contributed by atoms with E-state index in [1.807, 2.05) is 6.92 Å². The topological polar surface area (TPSA) is 41.1 Å². The molecule has 84 valence electrons. The summed E-state index contributed by atoms with van der Waals surface area (Å²) in [6.07, 6.45) is 0.963. The highest BCUT2D eigenvalue weighted by atomic mass is 32.1. The van der Waals surface area contributed by atoms with E-state index >= 15 is 0 Å². The van der Waals surface area contributed by atoms with Crippen LogP contribution in [0.15, 0.2) is 16.8 Å². The van der Waals surface area contributed by atoms with Crippen molar-refractivity contribution >= 4 is 17.2 Å². The number of hydrogen-bond donors (Lipinski definition) is 2. The zero-order valence-corrected chi connectivity index (χ0v) is 10.2. The predicted molar refractivity (Wildman–Crippen MR) is 64.1 cm³/mol. The van der Waals surface area contributed by atoms with Crippen LogP contribution in [0.1, 0.15) is 19.4 Å². The quantitative estimate of drug-likeness (QED) is 0.797. The molecule has 0 saturated heterocycles. The van der Waals surface area contributed by atoms with Gasteiger partial charge in [-0.05, 0) is 42.7 Å². The van der Waals surface area contributed by atoms with Gasteiger partial charge in [-0.2, -0.15) is 11.3 Å². The van der Waals surface area contributed by atoms with Crippen molar-refractivity contribution < 1.29 is 4.79 Å². The van der Waals surface area contributed by atoms with Crippen LogP contribution in [0.5, 0.6) is 0 Å². The van der Waals surface area contributed by atoms with E-state index in [1.165, 1.54) is 5.56 Å². The van der Waals surface area contributed by atoms with Gasteiger partial charge in [0.05, 0.1) is 6.04 Å². The van der Waals surface area contributed by atoms with E-state index in [9.17, 15) is 4.79 Å². The predicted octanol–water partition coefficient (Wildman–Crippen LogP) is 1.40. The van der Waals surface area contributed by atoms with E-state index in [4.69, 9.17) is 0 Å². The second-order valence-corrected chi connectivity index (χ2v) is 4.52. The summed E-state index contributed by atoms with van der Waals surface area (Å²) in [5.74, 6) is 0.0344. The van der Waals surface area contributed by atoms with Crippen LogP contribution in [0.4, 0.5) is 0 Å². The zero-order chi connectivity index (χ0) is 11.3. The Morgan fingerprint density at radius 2 is 2.27 bits per heavy atom. The lowest BCUT2D eigenvalue weighted by Crippen LogP contribution is -2.45. The Labute approximate surface area is 94.9 Å². The Kier molecular flexibility index (Phi) is 4.78. The minimum absolute atomic E-state index is 0.0344. The van der Waals surface area contributed by atoms with Gasteiger partial charge in [0.1, 0.15) is 0 Å². The number of hydrogen-bond acceptors (Lipinski definition) is 3. The van der Waals surface area contributed by atoms with Crippen LogP contribution in [0.25, 0.3) is 0 Å². The molecule has 1 aromatic rings. The van der Waals surface area contributed by atoms with Gasteiger partial charge in [-0.3, -0.25) is 4.79 Å². The molecule has 15 heavy (non-hydrogen) atoms. The molecule has 1 amide bonds. The molecule has 0 aliphatic rings. The monoisotopic (exact) mass is 226 g/mol. The highest BCUT2D eigenvalue weighted by Crippen LogP contribution is 2.08. The van der Waals surface area contributed by atoms with Gasteiger partial charge in [-0.1, -0.05) is 0 Å². The number of likely N-dealkylation sites (N-methyl/N-ethyl adjacent to an activating group) is 1. The number of nitrogens with one attached hydrogen (secondary N) is 2. The van der Waals surface area contributed by atoms with Crippen LogP contribution >= 0.6 is 11.3 Å². The van der Waals surface area contributed by atoms with Gasteiger partial charge >= 0.3 is 0 Å². The van der Waals surface area contributed by atoms with Crippen molar-refractivity contribution in [3.63, 3.8) is 0 Å². The summed E-state index contributed by atoms with van der Waals surface area (Å²) < 4.78 is 0. The van der Waals surface area contributed by atoms with Crippen LogP contribution in [0, 0.1) is 0 Å². The molecule has 3 nitrogen and oxygen atoms in total. The normalized spacial score (nSPS) is 14.6. The molecule has 0 radical (unpaired) electrons.